The number of nitrogens with one attached hydrogen (secondary N) is 1. The van der Waals surface area contributed by atoms with Gasteiger partial charge in [-0.3, -0.25) is 4.79 Å². The molecule has 26 heavy (non-hydrogen) atoms. The number of aromatic nitrogens is 1. The molecule has 1 aliphatic heterocycles. The van der Waals surface area contributed by atoms with Crippen molar-refractivity contribution in [3.05, 3.63) is 22.4 Å². The summed E-state index contributed by atoms with van der Waals surface area (Å²) in [7, 11) is 0. The molecule has 0 aliphatic carbocycles. The van der Waals surface area contributed by atoms with Gasteiger partial charge in [0, 0.05) is 23.3 Å². The van der Waals surface area contributed by atoms with E-state index in [-0.39, 0.29) is 17.9 Å². The molecule has 6 nitrogen and oxygen atoms in total. The maximum absolute atomic E-state index is 12.5. The Bertz CT molecular complexity index is 807. The molecule has 140 valence electrons. The van der Waals surface area contributed by atoms with Crippen molar-refractivity contribution < 1.29 is 14.3 Å². The molecule has 1 saturated heterocycles. The Morgan fingerprint density at radius 1 is 1.35 bits per heavy atom. The van der Waals surface area contributed by atoms with Gasteiger partial charge in [0.25, 0.3) is 0 Å². The van der Waals surface area contributed by atoms with Crippen molar-refractivity contribution in [2.24, 2.45) is 5.92 Å². The standard InChI is InChI=1S/C18H23N3O3S2/c1-11-5-6-14(26-11)13-10-25-16(19-13)20-15(22)12-7-8-21(9-12)17(23)24-18(2,3)4/h5-6,10,12H,7-9H2,1-4H3,(H,19,20,22). The van der Waals surface area contributed by atoms with Crippen molar-refractivity contribution in [2.75, 3.05) is 18.4 Å². The number of amides is 2. The third kappa shape index (κ3) is 4.62. The minimum atomic E-state index is -0.533. The molecule has 0 aromatic carbocycles. The zero-order valence-electron chi connectivity index (χ0n) is 15.4. The van der Waals surface area contributed by atoms with Crippen LogP contribution >= 0.6 is 22.7 Å². The molecule has 2 amide bonds. The fourth-order valence-corrected chi connectivity index (χ4v) is 4.31. The third-order valence-corrected chi connectivity index (χ3v) is 5.72. The first kappa shape index (κ1) is 18.8. The minimum absolute atomic E-state index is 0.0979. The summed E-state index contributed by atoms with van der Waals surface area (Å²) in [6.45, 7) is 8.47. The van der Waals surface area contributed by atoms with Crippen LogP contribution < -0.4 is 5.32 Å². The molecule has 1 atom stereocenters. The Kier molecular flexibility index (Phi) is 5.34. The average Bonchev–Trinajstić information content (AvgIpc) is 3.24. The van der Waals surface area contributed by atoms with Crippen LogP contribution in [0.2, 0.25) is 0 Å². The van der Waals surface area contributed by atoms with E-state index in [4.69, 9.17) is 4.74 Å². The fraction of sp³-hybridized carbons (Fsp3) is 0.500. The molecule has 3 heterocycles. The molecule has 1 N–H and O–H groups in total. The van der Waals surface area contributed by atoms with Crippen molar-refractivity contribution >= 4 is 39.8 Å². The molecule has 0 bridgehead atoms. The first-order chi connectivity index (χ1) is 12.2. The first-order valence-electron chi connectivity index (χ1n) is 8.52. The molecule has 1 aliphatic rings. The van der Waals surface area contributed by atoms with E-state index >= 15 is 0 Å². The number of likely N-dealkylation sites (tertiary alicyclic amines) is 1. The van der Waals surface area contributed by atoms with E-state index in [0.717, 1.165) is 10.6 Å². The lowest BCUT2D eigenvalue weighted by molar-refractivity contribution is -0.119. The van der Waals surface area contributed by atoms with Crippen molar-refractivity contribution in [3.8, 4) is 10.6 Å². The van der Waals surface area contributed by atoms with Gasteiger partial charge in [-0.2, -0.15) is 0 Å². The van der Waals surface area contributed by atoms with E-state index in [1.54, 1.807) is 16.2 Å². The smallest absolute Gasteiger partial charge is 0.410 e. The number of nitrogens with zero attached hydrogens (tertiary/aromatic N) is 2. The number of rotatable bonds is 3. The SMILES string of the molecule is Cc1ccc(-c2csc(NC(=O)C3CCN(C(=O)OC(C)(C)C)C3)n2)s1. The van der Waals surface area contributed by atoms with Crippen LogP contribution in [0.4, 0.5) is 9.93 Å². The lowest BCUT2D eigenvalue weighted by atomic mass is 10.1. The van der Waals surface area contributed by atoms with E-state index in [1.807, 2.05) is 32.2 Å². The highest BCUT2D eigenvalue weighted by atomic mass is 32.1. The number of anilines is 1. The summed E-state index contributed by atoms with van der Waals surface area (Å²) in [5, 5.41) is 5.42. The number of thiophene rings is 1. The van der Waals surface area contributed by atoms with E-state index in [0.29, 0.717) is 24.6 Å². The molecule has 1 fully saturated rings. The van der Waals surface area contributed by atoms with Gasteiger partial charge < -0.3 is 15.0 Å². The predicted octanol–water partition coefficient (Wildman–Crippen LogP) is 4.38. The molecule has 0 saturated carbocycles. The van der Waals surface area contributed by atoms with Crippen molar-refractivity contribution in [1.82, 2.24) is 9.88 Å². The lowest BCUT2D eigenvalue weighted by Crippen LogP contribution is -2.36. The van der Waals surface area contributed by atoms with Crippen molar-refractivity contribution in [2.45, 2.75) is 39.7 Å². The van der Waals surface area contributed by atoms with Gasteiger partial charge in [-0.05, 0) is 46.2 Å². The summed E-state index contributed by atoms with van der Waals surface area (Å²) in [5.74, 6) is -0.335. The molecule has 3 rings (SSSR count). The number of aryl methyl sites for hydroxylation is 1. The second-order valence-corrected chi connectivity index (χ2v) is 9.50. The fourth-order valence-electron chi connectivity index (χ4n) is 2.69. The van der Waals surface area contributed by atoms with Gasteiger partial charge in [0.05, 0.1) is 16.5 Å². The Balaban J connectivity index is 1.56. The summed E-state index contributed by atoms with van der Waals surface area (Å²) >= 11 is 3.09. The van der Waals surface area contributed by atoms with Gasteiger partial charge in [0.2, 0.25) is 5.91 Å². The van der Waals surface area contributed by atoms with Gasteiger partial charge in [-0.25, -0.2) is 9.78 Å². The van der Waals surface area contributed by atoms with Crippen LogP contribution in [-0.4, -0.2) is 40.6 Å². The van der Waals surface area contributed by atoms with Crippen molar-refractivity contribution in [1.29, 1.82) is 0 Å². The second-order valence-electron chi connectivity index (χ2n) is 7.35. The Hall–Kier alpha value is -1.93. The normalized spacial score (nSPS) is 17.4. The summed E-state index contributed by atoms with van der Waals surface area (Å²) in [6, 6.07) is 4.09. The Labute approximate surface area is 161 Å². The largest absolute Gasteiger partial charge is 0.444 e. The zero-order chi connectivity index (χ0) is 18.9. The van der Waals surface area contributed by atoms with Crippen LogP contribution in [0.25, 0.3) is 10.6 Å². The van der Waals surface area contributed by atoms with E-state index in [9.17, 15) is 9.59 Å². The highest BCUT2D eigenvalue weighted by molar-refractivity contribution is 7.17. The molecule has 2 aromatic rings. The van der Waals surface area contributed by atoms with Crippen LogP contribution in [0.5, 0.6) is 0 Å². The van der Waals surface area contributed by atoms with Gasteiger partial charge in [-0.1, -0.05) is 0 Å². The monoisotopic (exact) mass is 393 g/mol. The van der Waals surface area contributed by atoms with Gasteiger partial charge in [0.15, 0.2) is 5.13 Å². The van der Waals surface area contributed by atoms with E-state index in [1.165, 1.54) is 16.2 Å². The highest BCUT2D eigenvalue weighted by Gasteiger charge is 2.33. The van der Waals surface area contributed by atoms with Crippen molar-refractivity contribution in [3.63, 3.8) is 0 Å². The van der Waals surface area contributed by atoms with Crippen LogP contribution in [-0.2, 0) is 9.53 Å². The maximum atomic E-state index is 12.5. The van der Waals surface area contributed by atoms with Crippen LogP contribution in [0.3, 0.4) is 0 Å². The Morgan fingerprint density at radius 3 is 2.77 bits per heavy atom. The Morgan fingerprint density at radius 2 is 2.12 bits per heavy atom. The number of carbonyl (C=O) groups is 2. The number of ether oxygens (including phenoxy) is 1. The number of thiazole rings is 1. The van der Waals surface area contributed by atoms with Gasteiger partial charge in [-0.15, -0.1) is 22.7 Å². The summed E-state index contributed by atoms with van der Waals surface area (Å²) in [5.41, 5.74) is 0.347. The number of hydrogen-bond acceptors (Lipinski definition) is 6. The molecule has 2 aromatic heterocycles. The number of carbonyl (C=O) groups excluding carboxylic acids is 2. The highest BCUT2D eigenvalue weighted by Crippen LogP contribution is 2.31. The van der Waals surface area contributed by atoms with E-state index in [2.05, 4.69) is 23.3 Å². The predicted molar refractivity (Wildman–Crippen MR) is 105 cm³/mol. The van der Waals surface area contributed by atoms with E-state index < -0.39 is 5.60 Å². The summed E-state index contributed by atoms with van der Waals surface area (Å²) in [4.78, 5) is 33.0. The minimum Gasteiger partial charge on any atom is -0.444 e. The molecule has 1 unspecified atom stereocenters. The molecular weight excluding hydrogens is 370 g/mol. The zero-order valence-corrected chi connectivity index (χ0v) is 17.0. The van der Waals surface area contributed by atoms with Gasteiger partial charge in [0.1, 0.15) is 5.60 Å². The quantitative estimate of drug-likeness (QED) is 0.840. The maximum Gasteiger partial charge on any atom is 0.410 e. The summed E-state index contributed by atoms with van der Waals surface area (Å²) < 4.78 is 5.37. The second kappa shape index (κ2) is 7.36. The lowest BCUT2D eigenvalue weighted by Gasteiger charge is -2.24. The molecule has 8 heteroatoms. The topological polar surface area (TPSA) is 71.5 Å². The molecule has 0 spiro atoms. The molecule has 0 radical (unpaired) electrons. The van der Waals surface area contributed by atoms with Crippen LogP contribution in [0, 0.1) is 12.8 Å². The van der Waals surface area contributed by atoms with Crippen LogP contribution in [0.15, 0.2) is 17.5 Å². The van der Waals surface area contributed by atoms with Gasteiger partial charge >= 0.3 is 6.09 Å². The number of hydrogen-bond donors (Lipinski definition) is 1. The third-order valence-electron chi connectivity index (χ3n) is 3.94. The summed E-state index contributed by atoms with van der Waals surface area (Å²) in [6.07, 6.45) is 0.269. The average molecular weight is 394 g/mol. The molecular formula is C18H23N3O3S2. The van der Waals surface area contributed by atoms with Crippen LogP contribution in [0.1, 0.15) is 32.1 Å². The first-order valence-corrected chi connectivity index (χ1v) is 10.2.